The summed E-state index contributed by atoms with van der Waals surface area (Å²) in [6.45, 7) is 0. The van der Waals surface area contributed by atoms with Gasteiger partial charge in [-0.1, -0.05) is 91.0 Å². The molecule has 3 aromatic carbocycles. The van der Waals surface area contributed by atoms with Crippen LogP contribution in [0.25, 0.3) is 0 Å². The quantitative estimate of drug-likeness (QED) is 0.515. The fourth-order valence-corrected chi connectivity index (χ4v) is 4.48. The minimum absolute atomic E-state index is 0. The molecule has 0 aliphatic carbocycles. The van der Waals surface area contributed by atoms with Crippen molar-refractivity contribution in [3.8, 4) is 0 Å². The van der Waals surface area contributed by atoms with E-state index in [-0.39, 0.29) is 25.0 Å². The molecule has 21 heavy (non-hydrogen) atoms. The van der Waals surface area contributed by atoms with Gasteiger partial charge in [-0.3, -0.25) is 0 Å². The Bertz CT molecular complexity index is 535. The molecule has 0 spiro atoms. The maximum absolute atomic E-state index is 2.23. The zero-order valence-electron chi connectivity index (χ0n) is 11.7. The first-order chi connectivity index (χ1) is 9.45. The Morgan fingerprint density at radius 1 is 0.429 bits per heavy atom. The predicted octanol–water partition coefficient (Wildman–Crippen LogP) is 3.32. The summed E-state index contributed by atoms with van der Waals surface area (Å²) in [4.78, 5) is 0. The Labute approximate surface area is 139 Å². The first-order valence-corrected chi connectivity index (χ1v) is 7.74. The monoisotopic (exact) mass is 342 g/mol. The van der Waals surface area contributed by atoms with Gasteiger partial charge in [-0.25, -0.2) is 0 Å². The van der Waals surface area contributed by atoms with Crippen molar-refractivity contribution in [1.29, 1.82) is 0 Å². The third-order valence-corrected chi connectivity index (χ3v) is 5.49. The summed E-state index contributed by atoms with van der Waals surface area (Å²) in [5, 5.41) is 4.19. The van der Waals surface area contributed by atoms with Crippen molar-refractivity contribution in [3.63, 3.8) is 0 Å². The molecule has 0 aliphatic heterocycles. The van der Waals surface area contributed by atoms with Gasteiger partial charge in [0.2, 0.25) is 0 Å². The van der Waals surface area contributed by atoms with E-state index in [1.807, 2.05) is 0 Å². The number of rotatable bonds is 3. The largest absolute Gasteiger partial charge is 2.00 e. The fourth-order valence-electron chi connectivity index (χ4n) is 2.18. The molecule has 3 heteroatoms. The van der Waals surface area contributed by atoms with E-state index in [1.165, 1.54) is 15.9 Å². The molecule has 1 nitrogen and oxygen atoms in total. The second-order valence-electron chi connectivity index (χ2n) is 4.34. The summed E-state index contributed by atoms with van der Waals surface area (Å²) in [6, 6.07) is 32.3. The predicted molar refractivity (Wildman–Crippen MR) is 85.8 cm³/mol. The third-order valence-electron chi connectivity index (χ3n) is 3.04. The van der Waals surface area contributed by atoms with Crippen LogP contribution in [0.3, 0.4) is 0 Å². The summed E-state index contributed by atoms with van der Waals surface area (Å²) < 4.78 is 0. The Hall–Kier alpha value is -1.33. The molecule has 0 amide bonds. The van der Waals surface area contributed by atoms with Crippen LogP contribution in [0.5, 0.6) is 0 Å². The maximum atomic E-state index is 2.23. The van der Waals surface area contributed by atoms with E-state index >= 15 is 0 Å². The second-order valence-corrected chi connectivity index (χ2v) is 6.56. The Morgan fingerprint density at radius 3 is 0.905 bits per heavy atom. The van der Waals surface area contributed by atoms with Crippen LogP contribution < -0.4 is 15.9 Å². The average molecular weight is 344 g/mol. The molecule has 0 saturated carbocycles. The average Bonchev–Trinajstić information content (AvgIpc) is 2.51. The van der Waals surface area contributed by atoms with E-state index < -0.39 is 7.92 Å². The van der Waals surface area contributed by atoms with E-state index in [0.29, 0.717) is 0 Å². The molecule has 0 heterocycles. The zero-order chi connectivity index (χ0) is 12.9. The van der Waals surface area contributed by atoms with Gasteiger partial charge in [-0.15, -0.1) is 0 Å². The van der Waals surface area contributed by atoms with Crippen LogP contribution in [0.4, 0.5) is 0 Å². The summed E-state index contributed by atoms with van der Waals surface area (Å²) in [7, 11) is -0.446. The number of hydrogen-bond acceptors (Lipinski definition) is 0. The Morgan fingerprint density at radius 2 is 0.667 bits per heavy atom. The Kier molecular flexibility index (Phi) is 7.47. The molecule has 0 N–H and O–H groups in total. The maximum Gasteiger partial charge on any atom is 2.00 e. The van der Waals surface area contributed by atoms with Crippen molar-refractivity contribution in [3.05, 3.63) is 91.0 Å². The first kappa shape index (κ1) is 17.7. The Balaban J connectivity index is 0.00000110. The van der Waals surface area contributed by atoms with Gasteiger partial charge in [0.05, 0.1) is 0 Å². The van der Waals surface area contributed by atoms with Gasteiger partial charge in [0, 0.05) is 0 Å². The smallest absolute Gasteiger partial charge is 2.00 e. The topological polar surface area (TPSA) is 28.5 Å². The molecule has 0 saturated heterocycles. The fraction of sp³-hybridized carbons (Fsp3) is 0. The summed E-state index contributed by atoms with van der Waals surface area (Å²) in [5.74, 6) is 0. The van der Waals surface area contributed by atoms with Crippen LogP contribution in [0.2, 0.25) is 0 Å². The van der Waals surface area contributed by atoms with E-state index in [0.717, 1.165) is 0 Å². The van der Waals surface area contributed by atoms with Gasteiger partial charge in [-0.05, 0) is 23.8 Å². The SMILES string of the molecule is [O-2].[Zn+2].c1ccc(P(c2ccccc2)c2ccccc2)cc1. The van der Waals surface area contributed by atoms with E-state index in [2.05, 4.69) is 91.0 Å². The van der Waals surface area contributed by atoms with Crippen molar-refractivity contribution in [2.45, 2.75) is 0 Å². The van der Waals surface area contributed by atoms with E-state index in [9.17, 15) is 0 Å². The van der Waals surface area contributed by atoms with Gasteiger partial charge in [-0.2, -0.15) is 0 Å². The normalized spacial score (nSPS) is 9.57. The molecule has 0 unspecified atom stereocenters. The molecule has 100 valence electrons. The number of benzene rings is 3. The molecule has 3 rings (SSSR count). The number of hydrogen-bond donors (Lipinski definition) is 0. The summed E-state index contributed by atoms with van der Waals surface area (Å²) >= 11 is 0. The molecular weight excluding hydrogens is 329 g/mol. The van der Waals surface area contributed by atoms with Crippen LogP contribution in [0, 0.1) is 0 Å². The van der Waals surface area contributed by atoms with E-state index in [4.69, 9.17) is 0 Å². The molecule has 0 aliphatic rings. The minimum atomic E-state index is -0.446. The summed E-state index contributed by atoms with van der Waals surface area (Å²) in [5.41, 5.74) is 0. The van der Waals surface area contributed by atoms with Gasteiger partial charge in [0.25, 0.3) is 0 Å². The van der Waals surface area contributed by atoms with Crippen molar-refractivity contribution in [2.24, 2.45) is 0 Å². The van der Waals surface area contributed by atoms with Gasteiger partial charge in [0.15, 0.2) is 0 Å². The van der Waals surface area contributed by atoms with Crippen molar-refractivity contribution < 1.29 is 25.0 Å². The van der Waals surface area contributed by atoms with Crippen molar-refractivity contribution in [1.82, 2.24) is 0 Å². The van der Waals surface area contributed by atoms with Gasteiger partial charge < -0.3 is 5.48 Å². The molecule has 3 aromatic rings. The molecule has 0 radical (unpaired) electrons. The van der Waals surface area contributed by atoms with E-state index in [1.54, 1.807) is 0 Å². The zero-order valence-corrected chi connectivity index (χ0v) is 15.6. The van der Waals surface area contributed by atoms with Crippen LogP contribution in [0.1, 0.15) is 0 Å². The molecular formula is C18H15OPZn. The minimum Gasteiger partial charge on any atom is -2.00 e. The van der Waals surface area contributed by atoms with Gasteiger partial charge >= 0.3 is 19.5 Å². The van der Waals surface area contributed by atoms with Crippen LogP contribution >= 0.6 is 7.92 Å². The van der Waals surface area contributed by atoms with Crippen LogP contribution in [-0.2, 0) is 25.0 Å². The molecule has 0 atom stereocenters. The first-order valence-electron chi connectivity index (χ1n) is 6.40. The molecule has 0 bridgehead atoms. The van der Waals surface area contributed by atoms with Crippen LogP contribution in [0.15, 0.2) is 91.0 Å². The second kappa shape index (κ2) is 8.85. The van der Waals surface area contributed by atoms with Crippen molar-refractivity contribution in [2.75, 3.05) is 0 Å². The molecule has 0 aromatic heterocycles. The molecule has 0 fully saturated rings. The van der Waals surface area contributed by atoms with Crippen LogP contribution in [-0.4, -0.2) is 0 Å². The van der Waals surface area contributed by atoms with Gasteiger partial charge in [0.1, 0.15) is 0 Å². The van der Waals surface area contributed by atoms with Crippen molar-refractivity contribution >= 4 is 23.8 Å². The third kappa shape index (κ3) is 4.32. The summed E-state index contributed by atoms with van der Waals surface area (Å²) in [6.07, 6.45) is 0. The standard InChI is InChI=1S/C18H15P.O.Zn/c1-4-10-16(11-5-1)19(17-12-6-2-7-13-17)18-14-8-3-9-15-18;;/h1-15H;;/q;-2;+2.